The Morgan fingerprint density at radius 1 is 0.750 bits per heavy atom. The normalized spacial score (nSPS) is 13.9. The number of benzene rings is 1. The summed E-state index contributed by atoms with van der Waals surface area (Å²) in [4.78, 5) is 71.4. The van der Waals surface area contributed by atoms with Crippen LogP contribution in [0.3, 0.4) is 0 Å². The Bertz CT molecular complexity index is 942. The summed E-state index contributed by atoms with van der Waals surface area (Å²) in [6.07, 6.45) is -1.10. The van der Waals surface area contributed by atoms with Crippen LogP contribution in [0.25, 0.3) is 0 Å². The van der Waals surface area contributed by atoms with Crippen molar-refractivity contribution in [3.05, 3.63) is 35.9 Å². The molecule has 14 nitrogen and oxygen atoms in total. The molecule has 5 amide bonds. The van der Waals surface area contributed by atoms with Gasteiger partial charge in [0.2, 0.25) is 29.5 Å². The average molecular weight is 509 g/mol. The minimum absolute atomic E-state index is 0.165. The standard InChI is InChI=1S/C22H32N6O8/c23-13(10-12-4-2-1-3-5-12)19(32)28-16(11-29)21(34)26-14(6-8-17(24)30)20(33)27-15(22(35)36)7-9-18(25)31/h1-5,13-16,29H,6-11,23H2,(H2,24,30)(H2,25,31)(H,26,34)(H,27,33)(H,28,32)(H,35,36). The van der Waals surface area contributed by atoms with Crippen LogP contribution in [-0.4, -0.2) is 76.5 Å². The van der Waals surface area contributed by atoms with Crippen LogP contribution in [-0.2, 0) is 35.2 Å². The van der Waals surface area contributed by atoms with Crippen molar-refractivity contribution in [3.8, 4) is 0 Å². The molecule has 0 aliphatic heterocycles. The zero-order chi connectivity index (χ0) is 27.3. The van der Waals surface area contributed by atoms with Gasteiger partial charge in [-0.05, 0) is 24.8 Å². The topological polar surface area (TPSA) is 257 Å². The van der Waals surface area contributed by atoms with E-state index in [2.05, 4.69) is 16.0 Å². The SMILES string of the molecule is NC(=O)CCC(NC(=O)C(CCC(N)=O)NC(=O)C(CO)NC(=O)C(N)Cc1ccccc1)C(=O)O. The maximum absolute atomic E-state index is 12.7. The van der Waals surface area contributed by atoms with E-state index in [-0.39, 0.29) is 32.1 Å². The van der Waals surface area contributed by atoms with Crippen molar-refractivity contribution < 1.29 is 39.0 Å². The largest absolute Gasteiger partial charge is 0.480 e. The third-order valence-corrected chi connectivity index (χ3v) is 5.06. The molecule has 0 fully saturated rings. The first-order valence-corrected chi connectivity index (χ1v) is 11.1. The number of carboxylic acids is 1. The minimum atomic E-state index is -1.50. The van der Waals surface area contributed by atoms with E-state index in [1.807, 2.05) is 0 Å². The number of carboxylic acid groups (broad SMARTS) is 1. The van der Waals surface area contributed by atoms with Gasteiger partial charge in [0.1, 0.15) is 18.1 Å². The van der Waals surface area contributed by atoms with Crippen molar-refractivity contribution >= 4 is 35.5 Å². The van der Waals surface area contributed by atoms with Crippen LogP contribution >= 0.6 is 0 Å². The molecule has 0 spiro atoms. The van der Waals surface area contributed by atoms with Crippen molar-refractivity contribution in [2.24, 2.45) is 17.2 Å². The van der Waals surface area contributed by atoms with E-state index >= 15 is 0 Å². The fraction of sp³-hybridized carbons (Fsp3) is 0.455. The number of primary amides is 2. The lowest BCUT2D eigenvalue weighted by atomic mass is 10.1. The van der Waals surface area contributed by atoms with Crippen molar-refractivity contribution in [2.45, 2.75) is 56.3 Å². The predicted molar refractivity (Wildman–Crippen MR) is 125 cm³/mol. The molecule has 0 aromatic heterocycles. The van der Waals surface area contributed by atoms with E-state index in [1.54, 1.807) is 30.3 Å². The fourth-order valence-corrected chi connectivity index (χ4v) is 3.08. The van der Waals surface area contributed by atoms with Crippen LogP contribution in [0, 0.1) is 0 Å². The lowest BCUT2D eigenvalue weighted by Gasteiger charge is -2.24. The highest BCUT2D eigenvalue weighted by molar-refractivity contribution is 5.94. The molecule has 0 aliphatic rings. The van der Waals surface area contributed by atoms with Gasteiger partial charge < -0.3 is 43.4 Å². The molecule has 1 rings (SSSR count). The smallest absolute Gasteiger partial charge is 0.326 e. The summed E-state index contributed by atoms with van der Waals surface area (Å²) in [5, 5.41) is 25.6. The number of rotatable bonds is 16. The van der Waals surface area contributed by atoms with Crippen LogP contribution in [0.1, 0.15) is 31.2 Å². The number of aliphatic hydroxyl groups excluding tert-OH is 1. The third kappa shape index (κ3) is 10.9. The van der Waals surface area contributed by atoms with Gasteiger partial charge in [-0.1, -0.05) is 30.3 Å². The average Bonchev–Trinajstić information content (AvgIpc) is 2.82. The molecule has 0 radical (unpaired) electrons. The molecule has 198 valence electrons. The highest BCUT2D eigenvalue weighted by atomic mass is 16.4. The van der Waals surface area contributed by atoms with Crippen molar-refractivity contribution in [2.75, 3.05) is 6.61 Å². The van der Waals surface area contributed by atoms with Crippen LogP contribution in [0.4, 0.5) is 0 Å². The first kappa shape index (κ1) is 30.0. The Hall–Kier alpha value is -4.04. The minimum Gasteiger partial charge on any atom is -0.480 e. The monoisotopic (exact) mass is 508 g/mol. The predicted octanol–water partition coefficient (Wildman–Crippen LogP) is -3.38. The maximum atomic E-state index is 12.7. The maximum Gasteiger partial charge on any atom is 0.326 e. The molecule has 1 aromatic carbocycles. The van der Waals surface area contributed by atoms with Crippen molar-refractivity contribution in [3.63, 3.8) is 0 Å². The van der Waals surface area contributed by atoms with Gasteiger partial charge in [0.25, 0.3) is 0 Å². The molecule has 0 aliphatic carbocycles. The molecular weight excluding hydrogens is 476 g/mol. The summed E-state index contributed by atoms with van der Waals surface area (Å²) in [6, 6.07) is 3.39. The molecule has 0 saturated carbocycles. The molecule has 36 heavy (non-hydrogen) atoms. The molecule has 11 N–H and O–H groups in total. The highest BCUT2D eigenvalue weighted by Gasteiger charge is 2.30. The number of aliphatic hydroxyl groups is 1. The van der Waals surface area contributed by atoms with Gasteiger partial charge in [-0.25, -0.2) is 4.79 Å². The summed E-state index contributed by atoms with van der Waals surface area (Å²) in [7, 11) is 0. The van der Waals surface area contributed by atoms with Crippen LogP contribution < -0.4 is 33.2 Å². The Morgan fingerprint density at radius 2 is 1.22 bits per heavy atom. The van der Waals surface area contributed by atoms with Gasteiger partial charge >= 0.3 is 5.97 Å². The van der Waals surface area contributed by atoms with E-state index in [1.165, 1.54) is 0 Å². The van der Waals surface area contributed by atoms with Crippen molar-refractivity contribution in [1.29, 1.82) is 0 Å². The van der Waals surface area contributed by atoms with E-state index in [4.69, 9.17) is 17.2 Å². The summed E-state index contributed by atoms with van der Waals surface area (Å²) in [5.41, 5.74) is 16.8. The lowest BCUT2D eigenvalue weighted by Crippen LogP contribution is -2.58. The number of carbonyl (C=O) groups excluding carboxylic acids is 5. The highest BCUT2D eigenvalue weighted by Crippen LogP contribution is 2.05. The second-order valence-electron chi connectivity index (χ2n) is 8.01. The first-order valence-electron chi connectivity index (χ1n) is 11.1. The Kier molecular flexibility index (Phi) is 12.5. The summed E-state index contributed by atoms with van der Waals surface area (Å²) in [6.45, 7) is -0.837. The van der Waals surface area contributed by atoms with E-state index in [0.717, 1.165) is 5.56 Å². The zero-order valence-electron chi connectivity index (χ0n) is 19.5. The van der Waals surface area contributed by atoms with E-state index in [0.29, 0.717) is 0 Å². The number of amides is 5. The first-order chi connectivity index (χ1) is 16.9. The lowest BCUT2D eigenvalue weighted by molar-refractivity contribution is -0.142. The van der Waals surface area contributed by atoms with Gasteiger partial charge in [0.15, 0.2) is 0 Å². The number of hydrogen-bond donors (Lipinski definition) is 8. The molecule has 4 atom stereocenters. The fourth-order valence-electron chi connectivity index (χ4n) is 3.08. The quantitative estimate of drug-likeness (QED) is 0.111. The Labute approximate surface area is 206 Å². The second kappa shape index (κ2) is 15.1. The Morgan fingerprint density at radius 3 is 1.72 bits per heavy atom. The van der Waals surface area contributed by atoms with Gasteiger partial charge in [-0.3, -0.25) is 24.0 Å². The molecular formula is C22H32N6O8. The number of aliphatic carboxylic acids is 1. The molecule has 0 heterocycles. The molecule has 1 aromatic rings. The van der Waals surface area contributed by atoms with Gasteiger partial charge in [-0.15, -0.1) is 0 Å². The van der Waals surface area contributed by atoms with Crippen molar-refractivity contribution in [1.82, 2.24) is 16.0 Å². The van der Waals surface area contributed by atoms with E-state index < -0.39 is 66.3 Å². The van der Waals surface area contributed by atoms with Gasteiger partial charge in [-0.2, -0.15) is 0 Å². The number of nitrogens with two attached hydrogens (primary N) is 3. The molecule has 4 unspecified atom stereocenters. The van der Waals surface area contributed by atoms with Gasteiger partial charge in [0.05, 0.1) is 12.6 Å². The number of carbonyl (C=O) groups is 6. The molecule has 0 saturated heterocycles. The summed E-state index contributed by atoms with van der Waals surface area (Å²) in [5.74, 6) is -5.71. The molecule has 0 bridgehead atoms. The summed E-state index contributed by atoms with van der Waals surface area (Å²) < 4.78 is 0. The van der Waals surface area contributed by atoms with Gasteiger partial charge in [0, 0.05) is 12.8 Å². The van der Waals surface area contributed by atoms with Crippen LogP contribution in [0.2, 0.25) is 0 Å². The zero-order valence-corrected chi connectivity index (χ0v) is 19.5. The van der Waals surface area contributed by atoms with Crippen LogP contribution in [0.5, 0.6) is 0 Å². The number of nitrogens with one attached hydrogen (secondary N) is 3. The number of hydrogen-bond acceptors (Lipinski definition) is 8. The Balaban J connectivity index is 2.86. The van der Waals surface area contributed by atoms with E-state index in [9.17, 15) is 39.0 Å². The van der Waals surface area contributed by atoms with Crippen LogP contribution in [0.15, 0.2) is 30.3 Å². The molecule has 14 heteroatoms. The second-order valence-corrected chi connectivity index (χ2v) is 8.01. The summed E-state index contributed by atoms with van der Waals surface area (Å²) >= 11 is 0. The third-order valence-electron chi connectivity index (χ3n) is 5.06.